The van der Waals surface area contributed by atoms with E-state index >= 15 is 0 Å². The number of hydrogen-bond donors (Lipinski definition) is 2. The first-order valence-electron chi connectivity index (χ1n) is 6.65. The molecule has 1 aliphatic rings. The van der Waals surface area contributed by atoms with Gasteiger partial charge in [0.2, 0.25) is 0 Å². The van der Waals surface area contributed by atoms with Crippen LogP contribution in [0.15, 0.2) is 23.9 Å². The Kier molecular flexibility index (Phi) is 4.44. The minimum atomic E-state index is -1.09. The van der Waals surface area contributed by atoms with E-state index in [9.17, 15) is 14.7 Å². The Bertz CT molecular complexity index is 464. The Morgan fingerprint density at radius 1 is 1.30 bits per heavy atom. The second-order valence-electron chi connectivity index (χ2n) is 6.97. The number of rotatable bonds is 2. The van der Waals surface area contributed by atoms with Crippen molar-refractivity contribution >= 4 is 11.8 Å². The lowest BCUT2D eigenvalue weighted by molar-refractivity contribution is -0.121. The standard InChI is InChI=1S/C15H24N2O3/c1-14(2,3)11(18)8-7-10-9-17(15(4,5)6)13(20)16-12(10)19/h7-9,12,19H,1-6H3,(H,16,20)/b8-7+. The van der Waals surface area contributed by atoms with Crippen LogP contribution in [-0.4, -0.2) is 33.6 Å². The second kappa shape index (κ2) is 5.40. The molecular formula is C15H24N2O3. The highest BCUT2D eigenvalue weighted by molar-refractivity contribution is 5.94. The van der Waals surface area contributed by atoms with Crippen molar-refractivity contribution in [3.63, 3.8) is 0 Å². The number of hydrogen-bond acceptors (Lipinski definition) is 3. The van der Waals surface area contributed by atoms with Crippen LogP contribution in [-0.2, 0) is 4.79 Å². The zero-order valence-corrected chi connectivity index (χ0v) is 13.0. The lowest BCUT2D eigenvalue weighted by Gasteiger charge is -2.37. The molecule has 1 heterocycles. The Balaban J connectivity index is 3.01. The molecule has 20 heavy (non-hydrogen) atoms. The van der Waals surface area contributed by atoms with Crippen molar-refractivity contribution in [3.8, 4) is 0 Å². The molecule has 2 N–H and O–H groups in total. The molecule has 5 heteroatoms. The summed E-state index contributed by atoms with van der Waals surface area (Å²) >= 11 is 0. The summed E-state index contributed by atoms with van der Waals surface area (Å²) < 4.78 is 0. The monoisotopic (exact) mass is 280 g/mol. The van der Waals surface area contributed by atoms with Gasteiger partial charge >= 0.3 is 6.03 Å². The van der Waals surface area contributed by atoms with Gasteiger partial charge in [-0.25, -0.2) is 4.79 Å². The number of amides is 2. The van der Waals surface area contributed by atoms with Crippen molar-refractivity contribution < 1.29 is 14.7 Å². The molecule has 0 spiro atoms. The van der Waals surface area contributed by atoms with E-state index in [0.717, 1.165) is 0 Å². The van der Waals surface area contributed by atoms with Gasteiger partial charge in [0.1, 0.15) is 0 Å². The van der Waals surface area contributed by atoms with Gasteiger partial charge in [0.25, 0.3) is 0 Å². The summed E-state index contributed by atoms with van der Waals surface area (Å²) in [4.78, 5) is 25.2. The summed E-state index contributed by atoms with van der Waals surface area (Å²) in [5.74, 6) is -0.0372. The maximum atomic E-state index is 11.9. The van der Waals surface area contributed by atoms with Crippen LogP contribution in [0.3, 0.4) is 0 Å². The molecule has 0 aromatic rings. The summed E-state index contributed by atoms with van der Waals surface area (Å²) in [5, 5.41) is 12.3. The van der Waals surface area contributed by atoms with Crippen LogP contribution in [0.4, 0.5) is 4.79 Å². The zero-order chi connectivity index (χ0) is 15.7. The molecule has 1 unspecified atom stereocenters. The minimum absolute atomic E-state index is 0.0372. The fraction of sp³-hybridized carbons (Fsp3) is 0.600. The van der Waals surface area contributed by atoms with Gasteiger partial charge in [0.15, 0.2) is 12.0 Å². The first-order chi connectivity index (χ1) is 8.93. The molecule has 1 rings (SSSR count). The third-order valence-corrected chi connectivity index (χ3v) is 2.96. The SMILES string of the molecule is CC(C)(C)C(=O)/C=C/C1=CN(C(C)(C)C)C(=O)NC1O. The molecule has 1 aliphatic heterocycles. The van der Waals surface area contributed by atoms with Gasteiger partial charge in [-0.2, -0.15) is 0 Å². The number of carbonyl (C=O) groups is 2. The van der Waals surface area contributed by atoms with Crippen molar-refractivity contribution in [1.29, 1.82) is 0 Å². The molecule has 0 radical (unpaired) electrons. The quantitative estimate of drug-likeness (QED) is 0.762. The molecule has 0 aromatic carbocycles. The third kappa shape index (κ3) is 3.93. The van der Waals surface area contributed by atoms with Crippen LogP contribution in [0, 0.1) is 5.41 Å². The molecule has 1 atom stereocenters. The van der Waals surface area contributed by atoms with Gasteiger partial charge in [0.05, 0.1) is 0 Å². The van der Waals surface area contributed by atoms with E-state index < -0.39 is 17.2 Å². The summed E-state index contributed by atoms with van der Waals surface area (Å²) in [7, 11) is 0. The van der Waals surface area contributed by atoms with Crippen LogP contribution >= 0.6 is 0 Å². The highest BCUT2D eigenvalue weighted by Gasteiger charge is 2.31. The van der Waals surface area contributed by atoms with Crippen LogP contribution in [0.1, 0.15) is 41.5 Å². The van der Waals surface area contributed by atoms with Gasteiger partial charge in [-0.15, -0.1) is 0 Å². The van der Waals surface area contributed by atoms with E-state index in [2.05, 4.69) is 5.32 Å². The van der Waals surface area contributed by atoms with E-state index in [0.29, 0.717) is 5.57 Å². The van der Waals surface area contributed by atoms with Gasteiger partial charge in [-0.1, -0.05) is 20.8 Å². The number of allylic oxidation sites excluding steroid dienone is 1. The molecule has 0 saturated carbocycles. The highest BCUT2D eigenvalue weighted by Crippen LogP contribution is 2.21. The van der Waals surface area contributed by atoms with E-state index in [4.69, 9.17) is 0 Å². The van der Waals surface area contributed by atoms with Crippen LogP contribution in [0.25, 0.3) is 0 Å². The predicted octanol–water partition coefficient (Wildman–Crippen LogP) is 2.18. The number of nitrogens with one attached hydrogen (secondary N) is 1. The van der Waals surface area contributed by atoms with Gasteiger partial charge in [-0.3, -0.25) is 9.69 Å². The fourth-order valence-electron chi connectivity index (χ4n) is 1.60. The molecular weight excluding hydrogens is 256 g/mol. The highest BCUT2D eigenvalue weighted by atomic mass is 16.3. The number of ketones is 1. The molecule has 0 saturated heterocycles. The van der Waals surface area contributed by atoms with Crippen molar-refractivity contribution in [2.24, 2.45) is 5.41 Å². The van der Waals surface area contributed by atoms with E-state index in [1.54, 1.807) is 12.3 Å². The van der Waals surface area contributed by atoms with Crippen molar-refractivity contribution in [1.82, 2.24) is 10.2 Å². The maximum Gasteiger partial charge on any atom is 0.324 e. The molecule has 112 valence electrons. The number of aliphatic hydroxyl groups is 1. The average Bonchev–Trinajstić information content (AvgIpc) is 2.24. The summed E-state index contributed by atoms with van der Waals surface area (Å²) in [6.45, 7) is 11.2. The zero-order valence-electron chi connectivity index (χ0n) is 13.0. The van der Waals surface area contributed by atoms with Gasteiger partial charge < -0.3 is 10.4 Å². The minimum Gasteiger partial charge on any atom is -0.369 e. The first-order valence-corrected chi connectivity index (χ1v) is 6.65. The van der Waals surface area contributed by atoms with Crippen molar-refractivity contribution in [2.75, 3.05) is 0 Å². The summed E-state index contributed by atoms with van der Waals surface area (Å²) in [6, 6.07) is -0.357. The number of urea groups is 1. The topological polar surface area (TPSA) is 69.6 Å². The smallest absolute Gasteiger partial charge is 0.324 e. The van der Waals surface area contributed by atoms with E-state index in [1.165, 1.54) is 11.0 Å². The number of nitrogens with zero attached hydrogens (tertiary/aromatic N) is 1. The molecule has 0 fully saturated rings. The Morgan fingerprint density at radius 2 is 1.85 bits per heavy atom. The lowest BCUT2D eigenvalue weighted by atomic mass is 9.90. The van der Waals surface area contributed by atoms with Crippen molar-refractivity contribution in [2.45, 2.75) is 53.3 Å². The third-order valence-electron chi connectivity index (χ3n) is 2.96. The molecule has 2 amide bonds. The van der Waals surface area contributed by atoms with Crippen molar-refractivity contribution in [3.05, 3.63) is 23.9 Å². The summed E-state index contributed by atoms with van der Waals surface area (Å²) in [6.07, 6.45) is 3.48. The number of carbonyl (C=O) groups excluding carboxylic acids is 2. The van der Waals surface area contributed by atoms with Crippen LogP contribution in [0.2, 0.25) is 0 Å². The average molecular weight is 280 g/mol. The Labute approximate surface area is 120 Å². The fourth-order valence-corrected chi connectivity index (χ4v) is 1.60. The number of aliphatic hydroxyl groups excluding tert-OH is 1. The predicted molar refractivity (Wildman–Crippen MR) is 77.8 cm³/mol. The first kappa shape index (κ1) is 16.4. The van der Waals surface area contributed by atoms with E-state index in [1.807, 2.05) is 41.5 Å². The summed E-state index contributed by atoms with van der Waals surface area (Å²) in [5.41, 5.74) is -0.391. The Hall–Kier alpha value is -1.62. The van der Waals surface area contributed by atoms with Gasteiger partial charge in [-0.05, 0) is 32.9 Å². The van der Waals surface area contributed by atoms with Crippen LogP contribution in [0.5, 0.6) is 0 Å². The molecule has 0 bridgehead atoms. The molecule has 0 aromatic heterocycles. The Morgan fingerprint density at radius 3 is 2.30 bits per heavy atom. The normalized spacial score (nSPS) is 20.9. The molecule has 5 nitrogen and oxygen atoms in total. The largest absolute Gasteiger partial charge is 0.369 e. The van der Waals surface area contributed by atoms with E-state index in [-0.39, 0.29) is 11.8 Å². The maximum absolute atomic E-state index is 11.9. The lowest BCUT2D eigenvalue weighted by Crippen LogP contribution is -2.54. The molecule has 0 aliphatic carbocycles. The second-order valence-corrected chi connectivity index (χ2v) is 6.97. The van der Waals surface area contributed by atoms with Crippen LogP contribution < -0.4 is 5.32 Å². The van der Waals surface area contributed by atoms with Gasteiger partial charge in [0, 0.05) is 22.7 Å².